The lowest BCUT2D eigenvalue weighted by atomic mass is 9.69. The van der Waals surface area contributed by atoms with E-state index in [1.807, 2.05) is 0 Å². The molecule has 1 fully saturated rings. The van der Waals surface area contributed by atoms with Crippen molar-refractivity contribution in [2.75, 3.05) is 0 Å². The highest BCUT2D eigenvalue weighted by Gasteiger charge is 2.35. The summed E-state index contributed by atoms with van der Waals surface area (Å²) in [4.78, 5) is 0. The van der Waals surface area contributed by atoms with E-state index in [1.165, 1.54) is 0 Å². The maximum atomic E-state index is 13.9. The average molecular weight is 266 g/mol. The molecule has 1 aliphatic carbocycles. The molecule has 1 aliphatic rings. The highest BCUT2D eigenvalue weighted by atomic mass is 35.5. The van der Waals surface area contributed by atoms with Gasteiger partial charge in [-0.05, 0) is 49.7 Å². The zero-order valence-corrected chi connectivity index (χ0v) is 11.3. The summed E-state index contributed by atoms with van der Waals surface area (Å²) in [7, 11) is 0. The van der Waals surface area contributed by atoms with Gasteiger partial charge >= 0.3 is 0 Å². The molecule has 0 N–H and O–H groups in total. The third-order valence-corrected chi connectivity index (χ3v) is 4.32. The summed E-state index contributed by atoms with van der Waals surface area (Å²) in [6.45, 7) is 2.21. The average Bonchev–Trinajstić information content (AvgIpc) is 2.38. The van der Waals surface area contributed by atoms with E-state index in [-0.39, 0.29) is 10.8 Å². The molecule has 1 nitrogen and oxygen atoms in total. The Labute approximate surface area is 113 Å². The predicted molar refractivity (Wildman–Crippen MR) is 70.8 cm³/mol. The van der Waals surface area contributed by atoms with E-state index in [4.69, 9.17) is 11.6 Å². The van der Waals surface area contributed by atoms with E-state index >= 15 is 0 Å². The number of nitrogens with zero attached hydrogens (tertiary/aromatic N) is 1. The summed E-state index contributed by atoms with van der Waals surface area (Å²) in [6.07, 6.45) is 4.29. The molecule has 0 aromatic heterocycles. The Kier molecular flexibility index (Phi) is 3.92. The summed E-state index contributed by atoms with van der Waals surface area (Å²) < 4.78 is 13.9. The molecule has 0 heterocycles. The van der Waals surface area contributed by atoms with Crippen molar-refractivity contribution in [3.8, 4) is 6.07 Å². The predicted octanol–water partition coefficient (Wildman–Crippen LogP) is 4.74. The van der Waals surface area contributed by atoms with E-state index in [2.05, 4.69) is 13.0 Å². The molecule has 1 saturated carbocycles. The normalized spacial score (nSPS) is 27.8. The van der Waals surface area contributed by atoms with Crippen LogP contribution in [0.15, 0.2) is 18.2 Å². The van der Waals surface area contributed by atoms with Crippen LogP contribution in [-0.4, -0.2) is 0 Å². The van der Waals surface area contributed by atoms with E-state index in [0.717, 1.165) is 25.7 Å². The van der Waals surface area contributed by atoms with Crippen molar-refractivity contribution in [3.63, 3.8) is 0 Å². The van der Waals surface area contributed by atoms with Crippen molar-refractivity contribution in [2.45, 2.75) is 39.0 Å². The third-order valence-electron chi connectivity index (χ3n) is 4.03. The van der Waals surface area contributed by atoms with Gasteiger partial charge in [-0.25, -0.2) is 4.39 Å². The van der Waals surface area contributed by atoms with Crippen molar-refractivity contribution in [1.29, 1.82) is 5.26 Å². The summed E-state index contributed by atoms with van der Waals surface area (Å²) in [5, 5.41) is 9.59. The summed E-state index contributed by atoms with van der Waals surface area (Å²) in [5.41, 5.74) is 0.163. The number of rotatable bonds is 2. The van der Waals surface area contributed by atoms with Gasteiger partial charge in [-0.15, -0.1) is 0 Å². The molecule has 3 heteroatoms. The van der Waals surface area contributed by atoms with Gasteiger partial charge < -0.3 is 0 Å². The van der Waals surface area contributed by atoms with E-state index in [0.29, 0.717) is 17.9 Å². The Balaban J connectivity index is 2.21. The fourth-order valence-corrected chi connectivity index (χ4v) is 2.89. The van der Waals surface area contributed by atoms with Gasteiger partial charge in [0, 0.05) is 0 Å². The molecule has 18 heavy (non-hydrogen) atoms. The number of hydrogen-bond donors (Lipinski definition) is 0. The fraction of sp³-hybridized carbons (Fsp3) is 0.533. The second kappa shape index (κ2) is 5.28. The van der Waals surface area contributed by atoms with Gasteiger partial charge in [0.1, 0.15) is 5.82 Å². The minimum absolute atomic E-state index is 0.143. The molecule has 0 amide bonds. The smallest absolute Gasteiger partial charge is 0.145 e. The number of hydrogen-bond acceptors (Lipinski definition) is 1. The highest BCUT2D eigenvalue weighted by Crippen LogP contribution is 2.41. The van der Waals surface area contributed by atoms with Crippen LogP contribution in [0.25, 0.3) is 0 Å². The largest absolute Gasteiger partial charge is 0.205 e. The second-order valence-electron chi connectivity index (χ2n) is 5.46. The molecular weight excluding hydrogens is 249 g/mol. The van der Waals surface area contributed by atoms with E-state index in [9.17, 15) is 9.65 Å². The Morgan fingerprint density at radius 2 is 2.11 bits per heavy atom. The molecular formula is C15H17ClFN. The Morgan fingerprint density at radius 3 is 2.72 bits per heavy atom. The minimum Gasteiger partial charge on any atom is -0.205 e. The van der Waals surface area contributed by atoms with Crippen molar-refractivity contribution in [2.24, 2.45) is 11.3 Å². The maximum Gasteiger partial charge on any atom is 0.145 e. The standard InChI is InChI=1S/C15H17ClFN/c1-11-5-7-15(10-18,8-6-11)9-12-3-2-4-13(16)14(12)17/h2-4,11H,5-9H2,1H3. The fourth-order valence-electron chi connectivity index (χ4n) is 2.69. The van der Waals surface area contributed by atoms with Gasteiger partial charge in [-0.3, -0.25) is 0 Å². The summed E-state index contributed by atoms with van der Waals surface area (Å²) in [5.74, 6) is 0.308. The highest BCUT2D eigenvalue weighted by molar-refractivity contribution is 6.30. The van der Waals surface area contributed by atoms with Crippen LogP contribution >= 0.6 is 11.6 Å². The molecule has 1 aromatic carbocycles. The quantitative estimate of drug-likeness (QED) is 0.758. The molecule has 0 aliphatic heterocycles. The molecule has 0 atom stereocenters. The maximum absolute atomic E-state index is 13.9. The Morgan fingerprint density at radius 1 is 1.44 bits per heavy atom. The van der Waals surface area contributed by atoms with Gasteiger partial charge in [-0.1, -0.05) is 30.7 Å². The molecule has 96 valence electrons. The second-order valence-corrected chi connectivity index (χ2v) is 5.87. The minimum atomic E-state index is -0.405. The van der Waals surface area contributed by atoms with Gasteiger partial charge in [0.05, 0.1) is 16.5 Å². The van der Waals surface area contributed by atoms with Crippen LogP contribution in [0.4, 0.5) is 4.39 Å². The van der Waals surface area contributed by atoms with Crippen LogP contribution < -0.4 is 0 Å². The monoisotopic (exact) mass is 265 g/mol. The van der Waals surface area contributed by atoms with Crippen molar-refractivity contribution < 1.29 is 4.39 Å². The van der Waals surface area contributed by atoms with Gasteiger partial charge in [0.2, 0.25) is 0 Å². The first kappa shape index (κ1) is 13.4. The van der Waals surface area contributed by atoms with Crippen LogP contribution in [0.3, 0.4) is 0 Å². The van der Waals surface area contributed by atoms with E-state index in [1.54, 1.807) is 18.2 Å². The topological polar surface area (TPSA) is 23.8 Å². The van der Waals surface area contributed by atoms with Gasteiger partial charge in [0.25, 0.3) is 0 Å². The van der Waals surface area contributed by atoms with Crippen LogP contribution in [0, 0.1) is 28.5 Å². The SMILES string of the molecule is CC1CCC(C#N)(Cc2cccc(Cl)c2F)CC1. The summed E-state index contributed by atoms with van der Waals surface area (Å²) >= 11 is 5.79. The van der Waals surface area contributed by atoms with Crippen molar-refractivity contribution >= 4 is 11.6 Å². The first-order chi connectivity index (χ1) is 8.56. The van der Waals surface area contributed by atoms with E-state index < -0.39 is 5.41 Å². The first-order valence-electron chi connectivity index (χ1n) is 6.40. The summed E-state index contributed by atoms with van der Waals surface area (Å²) in [6, 6.07) is 7.45. The number of benzene rings is 1. The number of nitriles is 1. The molecule has 0 bridgehead atoms. The van der Waals surface area contributed by atoms with Gasteiger partial charge in [0.15, 0.2) is 0 Å². The van der Waals surface area contributed by atoms with Crippen LogP contribution in [0.5, 0.6) is 0 Å². The Hall–Kier alpha value is -1.07. The lowest BCUT2D eigenvalue weighted by Gasteiger charge is -2.33. The Bertz CT molecular complexity index is 470. The molecule has 0 radical (unpaired) electrons. The first-order valence-corrected chi connectivity index (χ1v) is 6.78. The molecule has 0 unspecified atom stereocenters. The molecule has 0 saturated heterocycles. The van der Waals surface area contributed by atoms with Crippen molar-refractivity contribution in [3.05, 3.63) is 34.6 Å². The van der Waals surface area contributed by atoms with Crippen LogP contribution in [0.2, 0.25) is 5.02 Å². The zero-order chi connectivity index (χ0) is 13.2. The number of halogens is 2. The van der Waals surface area contributed by atoms with Crippen LogP contribution in [-0.2, 0) is 6.42 Å². The van der Waals surface area contributed by atoms with Crippen molar-refractivity contribution in [1.82, 2.24) is 0 Å². The molecule has 1 aromatic rings. The third kappa shape index (κ3) is 2.67. The van der Waals surface area contributed by atoms with Gasteiger partial charge in [-0.2, -0.15) is 5.26 Å². The molecule has 2 rings (SSSR count). The lowest BCUT2D eigenvalue weighted by molar-refractivity contribution is 0.217. The molecule has 0 spiro atoms. The zero-order valence-electron chi connectivity index (χ0n) is 10.5. The van der Waals surface area contributed by atoms with Crippen LogP contribution in [0.1, 0.15) is 38.2 Å². The lowest BCUT2D eigenvalue weighted by Crippen LogP contribution is -2.28.